The molecule has 3 N–H and O–H groups in total. The Hall–Kier alpha value is -8.15. The third kappa shape index (κ3) is 9.38. The summed E-state index contributed by atoms with van der Waals surface area (Å²) in [6, 6.07) is 46.7. The molecule has 0 saturated carbocycles. The lowest BCUT2D eigenvalue weighted by atomic mass is 10.0. The molecular formula is C55H48N6O5. The van der Waals surface area contributed by atoms with Crippen LogP contribution in [0, 0.1) is 0 Å². The number of hydrogen-bond donors (Lipinski definition) is 3. The van der Waals surface area contributed by atoms with E-state index in [1.54, 1.807) is 18.7 Å². The van der Waals surface area contributed by atoms with Crippen molar-refractivity contribution in [2.75, 3.05) is 38.2 Å². The zero-order chi connectivity index (χ0) is 45.4. The summed E-state index contributed by atoms with van der Waals surface area (Å²) in [4.78, 5) is 58.7. The topological polar surface area (TPSA) is 142 Å². The van der Waals surface area contributed by atoms with Crippen LogP contribution in [-0.4, -0.2) is 75.5 Å². The van der Waals surface area contributed by atoms with Gasteiger partial charge in [0.2, 0.25) is 5.91 Å². The lowest BCUT2D eigenvalue weighted by Gasteiger charge is -2.20. The van der Waals surface area contributed by atoms with Crippen LogP contribution in [0.5, 0.6) is 0 Å². The summed E-state index contributed by atoms with van der Waals surface area (Å²) >= 11 is 0. The summed E-state index contributed by atoms with van der Waals surface area (Å²) in [5, 5.41) is 3.14. The molecule has 328 valence electrons. The SMILES string of the molecule is CCOC(=O)CN(CCC(=O)Nc1ccccc1-c1c2nc(c(-c3ccccc3)c3ccc([nH]3)c(-c3ccccc3)c3nc(c(-c4ccccc4)c4ccc1[nH]4)C=C3)C=C2)CC(=O)OCC. The summed E-state index contributed by atoms with van der Waals surface area (Å²) in [7, 11) is 0. The van der Waals surface area contributed by atoms with Gasteiger partial charge in [-0.15, -0.1) is 0 Å². The predicted molar refractivity (Wildman–Crippen MR) is 264 cm³/mol. The Balaban J connectivity index is 1.25. The van der Waals surface area contributed by atoms with E-state index in [0.717, 1.165) is 83.7 Å². The molecule has 0 spiro atoms. The van der Waals surface area contributed by atoms with Crippen molar-refractivity contribution >= 4 is 69.9 Å². The Bertz CT molecular complexity index is 3100. The molecule has 0 radical (unpaired) electrons. The van der Waals surface area contributed by atoms with Crippen LogP contribution in [0.4, 0.5) is 5.69 Å². The normalized spacial score (nSPS) is 11.7. The first-order valence-electron chi connectivity index (χ1n) is 22.1. The summed E-state index contributed by atoms with van der Waals surface area (Å²) < 4.78 is 10.3. The highest BCUT2D eigenvalue weighted by molar-refractivity contribution is 6.03. The van der Waals surface area contributed by atoms with Crippen molar-refractivity contribution in [1.29, 1.82) is 0 Å². The van der Waals surface area contributed by atoms with Crippen LogP contribution in [0.3, 0.4) is 0 Å². The standard InChI is InChI=1S/C55H48N6O5/c1-3-65-50(63)34-61(35-51(64)66-4-2)33-32-49(62)60-40-23-15-14-22-39(40)55-47-30-28-45(58-47)53(37-18-10-6-11-19-37)43-26-24-41(56-43)52(36-16-8-5-9-17-36)42-25-27-44(57-42)54(38-20-12-7-13-21-38)46-29-31-48(55)59-46/h5-31,56,59H,3-4,32-35H2,1-2H3,(H,60,62). The number of aromatic amines is 2. The Labute approximate surface area is 382 Å². The lowest BCUT2D eigenvalue weighted by molar-refractivity contribution is -0.148. The molecule has 4 aromatic carbocycles. The number of H-pyrrole nitrogens is 2. The number of amides is 1. The third-order valence-corrected chi connectivity index (χ3v) is 11.4. The van der Waals surface area contributed by atoms with E-state index in [2.05, 4.69) is 82.0 Å². The number of anilines is 1. The van der Waals surface area contributed by atoms with Gasteiger partial charge < -0.3 is 24.8 Å². The molecule has 66 heavy (non-hydrogen) atoms. The molecule has 5 heterocycles. The van der Waals surface area contributed by atoms with E-state index >= 15 is 0 Å². The van der Waals surface area contributed by atoms with Gasteiger partial charge in [-0.05, 0) is 85.2 Å². The van der Waals surface area contributed by atoms with E-state index < -0.39 is 11.9 Å². The molecule has 0 atom stereocenters. The molecule has 11 heteroatoms. The fourth-order valence-corrected chi connectivity index (χ4v) is 8.49. The number of hydrogen-bond acceptors (Lipinski definition) is 8. The van der Waals surface area contributed by atoms with Crippen molar-refractivity contribution in [2.24, 2.45) is 0 Å². The van der Waals surface area contributed by atoms with Crippen molar-refractivity contribution in [3.05, 3.63) is 162 Å². The van der Waals surface area contributed by atoms with Crippen molar-refractivity contribution in [1.82, 2.24) is 24.8 Å². The minimum atomic E-state index is -0.488. The number of para-hydroxylation sites is 1. The molecule has 0 aliphatic carbocycles. The van der Waals surface area contributed by atoms with E-state index in [1.807, 2.05) is 97.1 Å². The third-order valence-electron chi connectivity index (χ3n) is 11.4. The van der Waals surface area contributed by atoms with Gasteiger partial charge in [0.05, 0.1) is 49.1 Å². The van der Waals surface area contributed by atoms with Crippen LogP contribution < -0.4 is 5.32 Å². The number of nitrogens with zero attached hydrogens (tertiary/aromatic N) is 3. The van der Waals surface area contributed by atoms with Gasteiger partial charge >= 0.3 is 11.9 Å². The summed E-state index contributed by atoms with van der Waals surface area (Å²) in [6.07, 6.45) is 8.21. The van der Waals surface area contributed by atoms with Crippen molar-refractivity contribution in [3.8, 4) is 44.5 Å². The van der Waals surface area contributed by atoms with Gasteiger partial charge in [-0.1, -0.05) is 109 Å². The molecule has 2 aliphatic heterocycles. The number of carbonyl (C=O) groups is 3. The monoisotopic (exact) mass is 872 g/mol. The van der Waals surface area contributed by atoms with E-state index in [1.165, 1.54) is 0 Å². The van der Waals surface area contributed by atoms with Gasteiger partial charge in [0.1, 0.15) is 0 Å². The zero-order valence-electron chi connectivity index (χ0n) is 36.7. The fraction of sp³-hybridized carbons (Fsp3) is 0.145. The van der Waals surface area contributed by atoms with E-state index in [9.17, 15) is 14.4 Å². The molecule has 11 nitrogen and oxygen atoms in total. The molecule has 0 saturated heterocycles. The number of benzene rings is 4. The maximum absolute atomic E-state index is 13.9. The van der Waals surface area contributed by atoms with E-state index in [0.29, 0.717) is 11.4 Å². The maximum atomic E-state index is 13.9. The van der Waals surface area contributed by atoms with Crippen LogP contribution in [-0.2, 0) is 23.9 Å². The van der Waals surface area contributed by atoms with Gasteiger partial charge in [0.15, 0.2) is 0 Å². The van der Waals surface area contributed by atoms with Gasteiger partial charge in [-0.25, -0.2) is 9.97 Å². The highest BCUT2D eigenvalue weighted by Crippen LogP contribution is 2.40. The Morgan fingerprint density at radius 2 is 0.879 bits per heavy atom. The second kappa shape index (κ2) is 19.7. The van der Waals surface area contributed by atoms with Crippen molar-refractivity contribution in [2.45, 2.75) is 20.3 Å². The highest BCUT2D eigenvalue weighted by Gasteiger charge is 2.22. The molecular weight excluding hydrogens is 825 g/mol. The smallest absolute Gasteiger partial charge is 0.320 e. The molecule has 7 aromatic rings. The molecule has 1 amide bonds. The molecule has 3 aromatic heterocycles. The lowest BCUT2D eigenvalue weighted by Crippen LogP contribution is -2.38. The minimum absolute atomic E-state index is 0.00508. The molecule has 0 unspecified atom stereocenters. The number of nitrogens with one attached hydrogen (secondary N) is 3. The Morgan fingerprint density at radius 1 is 0.500 bits per heavy atom. The Kier molecular flexibility index (Phi) is 12.9. The number of rotatable bonds is 14. The summed E-state index contributed by atoms with van der Waals surface area (Å²) in [5.74, 6) is -1.28. The average Bonchev–Trinajstić information content (AvgIpc) is 4.19. The maximum Gasteiger partial charge on any atom is 0.320 e. The summed E-state index contributed by atoms with van der Waals surface area (Å²) in [5.41, 5.74) is 14.4. The fourth-order valence-electron chi connectivity index (χ4n) is 8.49. The van der Waals surface area contributed by atoms with Crippen molar-refractivity contribution in [3.63, 3.8) is 0 Å². The van der Waals surface area contributed by atoms with Crippen LogP contribution in [0.1, 0.15) is 43.0 Å². The molecule has 0 fully saturated rings. The van der Waals surface area contributed by atoms with Crippen LogP contribution >= 0.6 is 0 Å². The minimum Gasteiger partial charge on any atom is -0.465 e. The zero-order valence-corrected chi connectivity index (χ0v) is 36.7. The molecule has 2 aliphatic rings. The second-order valence-corrected chi connectivity index (χ2v) is 15.8. The first kappa shape index (κ1) is 43.1. The number of aromatic nitrogens is 4. The van der Waals surface area contributed by atoms with E-state index in [-0.39, 0.29) is 45.2 Å². The van der Waals surface area contributed by atoms with Crippen molar-refractivity contribution < 1.29 is 23.9 Å². The van der Waals surface area contributed by atoms with Gasteiger partial charge in [0, 0.05) is 68.5 Å². The molecule has 9 rings (SSSR count). The number of esters is 2. The average molecular weight is 873 g/mol. The first-order chi connectivity index (χ1) is 32.4. The van der Waals surface area contributed by atoms with Crippen LogP contribution in [0.15, 0.2) is 140 Å². The largest absolute Gasteiger partial charge is 0.465 e. The number of ether oxygens (including phenoxy) is 2. The predicted octanol–water partition coefficient (Wildman–Crippen LogP) is 11.1. The summed E-state index contributed by atoms with van der Waals surface area (Å²) in [6.45, 7) is 3.65. The van der Waals surface area contributed by atoms with E-state index in [4.69, 9.17) is 19.4 Å². The Morgan fingerprint density at radius 3 is 1.30 bits per heavy atom. The van der Waals surface area contributed by atoms with Gasteiger partial charge in [-0.2, -0.15) is 0 Å². The molecule has 8 bridgehead atoms. The van der Waals surface area contributed by atoms with Crippen LogP contribution in [0.2, 0.25) is 0 Å². The first-order valence-corrected chi connectivity index (χ1v) is 22.1. The highest BCUT2D eigenvalue weighted by atomic mass is 16.5. The second-order valence-electron chi connectivity index (χ2n) is 15.8. The quantitative estimate of drug-likeness (QED) is 0.0917. The number of carbonyl (C=O) groups excluding carboxylic acids is 3. The van der Waals surface area contributed by atoms with Crippen LogP contribution in [0.25, 0.3) is 90.9 Å². The van der Waals surface area contributed by atoms with Gasteiger partial charge in [0.25, 0.3) is 0 Å². The number of fused-ring (bicyclic) bond motifs is 8. The van der Waals surface area contributed by atoms with Gasteiger partial charge in [-0.3, -0.25) is 19.3 Å².